The number of hydrogen-bond donors (Lipinski definition) is 0. The Morgan fingerprint density at radius 1 is 0.724 bits per heavy atom. The minimum Gasteiger partial charge on any atom is -0.862 e. The second-order valence-electron chi connectivity index (χ2n) is 6.87. The molecule has 0 heterocycles. The van der Waals surface area contributed by atoms with E-state index in [0.717, 1.165) is 19.0 Å². The van der Waals surface area contributed by atoms with Crippen LogP contribution in [0.4, 0.5) is 0 Å². The summed E-state index contributed by atoms with van der Waals surface area (Å²) in [6.45, 7) is 2.49. The quantitative estimate of drug-likeness (QED) is 0.196. The molecule has 2 nitrogen and oxygen atoms in total. The Morgan fingerprint density at radius 3 is 1.52 bits per heavy atom. The van der Waals surface area contributed by atoms with Crippen molar-refractivity contribution in [3.8, 4) is 0 Å². The number of nitrogens with zero attached hydrogens (tertiary/aromatic N) is 1. The zero-order valence-electron chi connectivity index (χ0n) is 16.9. The molecule has 0 saturated heterocycles. The van der Waals surface area contributed by atoms with Crippen LogP contribution in [0.1, 0.15) is 26.2 Å². The van der Waals surface area contributed by atoms with Crippen LogP contribution in [-0.4, -0.2) is 18.6 Å². The van der Waals surface area contributed by atoms with E-state index in [1.807, 2.05) is 6.92 Å². The molecule has 3 aromatic rings. The molecule has 0 unspecified atom stereocenters. The van der Waals surface area contributed by atoms with Gasteiger partial charge in [-0.2, -0.15) is 0 Å². The normalized spacial score (nSPS) is 11.7. The minimum absolute atomic E-state index is 0. The highest BCUT2D eigenvalue weighted by molar-refractivity contribution is 8.93. The Kier molecular flexibility index (Phi) is 9.57. The summed E-state index contributed by atoms with van der Waals surface area (Å²) < 4.78 is 0. The maximum atomic E-state index is 11.8. The van der Waals surface area contributed by atoms with E-state index < -0.39 is 7.26 Å². The molecule has 0 bridgehead atoms. The predicted molar refractivity (Wildman–Crippen MR) is 132 cm³/mol. The Bertz CT molecular complexity index is 772. The van der Waals surface area contributed by atoms with Crippen LogP contribution in [0.2, 0.25) is 0 Å². The Balaban J connectivity index is 0.00000300. The second kappa shape index (κ2) is 11.9. The van der Waals surface area contributed by atoms with Gasteiger partial charge in [-0.1, -0.05) is 54.6 Å². The summed E-state index contributed by atoms with van der Waals surface area (Å²) in [5.41, 5.74) is 0. The van der Waals surface area contributed by atoms with Crippen molar-refractivity contribution >= 4 is 46.1 Å². The van der Waals surface area contributed by atoms with Gasteiger partial charge in [0.05, 0.1) is 6.16 Å². The topological polar surface area (TPSA) is 35.4 Å². The number of hydrogen-bond acceptors (Lipinski definition) is 2. The summed E-state index contributed by atoms with van der Waals surface area (Å²) in [5, 5.41) is 16.0. The van der Waals surface area contributed by atoms with Crippen molar-refractivity contribution in [3.63, 3.8) is 0 Å². The van der Waals surface area contributed by atoms with E-state index in [4.69, 9.17) is 0 Å². The van der Waals surface area contributed by atoms with E-state index >= 15 is 0 Å². The molecule has 29 heavy (non-hydrogen) atoms. The van der Waals surface area contributed by atoms with Crippen molar-refractivity contribution in [2.45, 2.75) is 26.2 Å². The zero-order valence-corrected chi connectivity index (χ0v) is 19.5. The molecule has 0 aromatic heterocycles. The largest absolute Gasteiger partial charge is 0.862 e. The van der Waals surface area contributed by atoms with Crippen molar-refractivity contribution in [1.82, 2.24) is 0 Å². The fourth-order valence-corrected chi connectivity index (χ4v) is 8.17. The van der Waals surface area contributed by atoms with E-state index in [1.54, 1.807) is 0 Å². The molecule has 0 fully saturated rings. The second-order valence-corrected chi connectivity index (χ2v) is 10.5. The Labute approximate surface area is 185 Å². The van der Waals surface area contributed by atoms with E-state index in [0.29, 0.717) is 13.0 Å². The van der Waals surface area contributed by atoms with Gasteiger partial charge in [0.15, 0.2) is 0 Å². The van der Waals surface area contributed by atoms with Gasteiger partial charge in [-0.05, 0) is 68.5 Å². The van der Waals surface area contributed by atoms with E-state index in [-0.39, 0.29) is 22.9 Å². The lowest BCUT2D eigenvalue weighted by atomic mass is 10.2. The third-order valence-electron chi connectivity index (χ3n) is 5.06. The van der Waals surface area contributed by atoms with Crippen LogP contribution >= 0.6 is 24.2 Å². The Hall–Kier alpha value is -1.96. The highest BCUT2D eigenvalue weighted by Gasteiger charge is 2.44. The standard InChI is InChI=1S/C25H28NOP.BrH/c1-2-26-25(27)20-12-13-21-28(22-14-6-3-7-15-22,23-16-8-4-9-17-23)24-18-10-5-11-19-24;/h3-11,14-19H,2,12-13,20-21H2,1H3;1H. The predicted octanol–water partition coefficient (Wildman–Crippen LogP) is 4.51. The van der Waals surface area contributed by atoms with Crippen molar-refractivity contribution < 1.29 is 5.11 Å². The third-order valence-corrected chi connectivity index (χ3v) is 9.59. The van der Waals surface area contributed by atoms with Gasteiger partial charge in [-0.3, -0.25) is 0 Å². The summed E-state index contributed by atoms with van der Waals surface area (Å²) in [6, 6.07) is 32.7. The van der Waals surface area contributed by atoms with Gasteiger partial charge in [-0.25, -0.2) is 0 Å². The van der Waals surface area contributed by atoms with E-state index in [9.17, 15) is 5.11 Å². The number of rotatable bonds is 9. The molecule has 3 aromatic carbocycles. The van der Waals surface area contributed by atoms with Crippen LogP contribution in [0.15, 0.2) is 96.0 Å². The van der Waals surface area contributed by atoms with Gasteiger partial charge in [-0.15, -0.1) is 17.0 Å². The fraction of sp³-hybridized carbons (Fsp3) is 0.240. The molecular formula is C25H29BrNOP. The molecule has 0 aliphatic carbocycles. The molecule has 4 heteroatoms. The van der Waals surface area contributed by atoms with Gasteiger partial charge in [0, 0.05) is 6.54 Å². The number of unbranched alkanes of at least 4 members (excludes halogenated alkanes) is 1. The molecule has 3 rings (SSSR count). The molecule has 0 spiro atoms. The van der Waals surface area contributed by atoms with Gasteiger partial charge < -0.3 is 10.1 Å². The van der Waals surface area contributed by atoms with Crippen LogP contribution in [-0.2, 0) is 0 Å². The molecule has 0 aliphatic heterocycles. The van der Waals surface area contributed by atoms with E-state index in [2.05, 4.69) is 96.0 Å². The first kappa shape index (κ1) is 23.3. The maximum Gasteiger partial charge on any atom is 0.112 e. The number of aliphatic imine (C=N–C) groups is 1. The van der Waals surface area contributed by atoms with E-state index in [1.165, 1.54) is 15.9 Å². The summed E-state index contributed by atoms with van der Waals surface area (Å²) in [5.74, 6) is 0.0329. The fourth-order valence-electron chi connectivity index (χ4n) is 3.76. The van der Waals surface area contributed by atoms with Crippen molar-refractivity contribution in [1.29, 1.82) is 0 Å². The van der Waals surface area contributed by atoms with Crippen LogP contribution < -0.4 is 21.0 Å². The minimum atomic E-state index is -1.77. The van der Waals surface area contributed by atoms with Crippen LogP contribution in [0.25, 0.3) is 0 Å². The smallest absolute Gasteiger partial charge is 0.112 e. The molecule has 0 radical (unpaired) electrons. The van der Waals surface area contributed by atoms with Gasteiger partial charge in [0.2, 0.25) is 0 Å². The summed E-state index contributed by atoms with van der Waals surface area (Å²) in [6.07, 6.45) is 3.50. The first-order chi connectivity index (χ1) is 13.8. The SMILES string of the molecule is Br.CCN=C([O-])CCCC[P+](c1ccccc1)(c1ccccc1)c1ccccc1. The van der Waals surface area contributed by atoms with Crippen LogP contribution in [0.5, 0.6) is 0 Å². The van der Waals surface area contributed by atoms with Crippen molar-refractivity contribution in [3.05, 3.63) is 91.0 Å². The molecular weight excluding hydrogens is 441 g/mol. The first-order valence-corrected chi connectivity index (χ1v) is 12.0. The Morgan fingerprint density at radius 2 is 1.14 bits per heavy atom. The van der Waals surface area contributed by atoms with Gasteiger partial charge in [0.25, 0.3) is 0 Å². The van der Waals surface area contributed by atoms with Gasteiger partial charge in [0.1, 0.15) is 23.2 Å². The number of halogens is 1. The average Bonchev–Trinajstić information content (AvgIpc) is 2.76. The third kappa shape index (κ3) is 5.78. The average molecular weight is 470 g/mol. The highest BCUT2D eigenvalue weighted by atomic mass is 79.9. The molecule has 0 N–H and O–H groups in total. The summed E-state index contributed by atoms with van der Waals surface area (Å²) in [7, 11) is -1.77. The lowest BCUT2D eigenvalue weighted by Crippen LogP contribution is -2.33. The number of benzene rings is 3. The summed E-state index contributed by atoms with van der Waals surface area (Å²) >= 11 is 0. The highest BCUT2D eigenvalue weighted by Crippen LogP contribution is 2.55. The lowest BCUT2D eigenvalue weighted by molar-refractivity contribution is -0.219. The lowest BCUT2D eigenvalue weighted by Gasteiger charge is -2.28. The van der Waals surface area contributed by atoms with Crippen LogP contribution in [0, 0.1) is 0 Å². The maximum absolute atomic E-state index is 11.8. The van der Waals surface area contributed by atoms with Crippen molar-refractivity contribution in [2.75, 3.05) is 12.7 Å². The molecule has 152 valence electrons. The van der Waals surface area contributed by atoms with Crippen LogP contribution in [0.3, 0.4) is 0 Å². The zero-order chi connectivity index (χ0) is 19.7. The molecule has 0 atom stereocenters. The first-order valence-electron chi connectivity index (χ1n) is 10.0. The molecule has 0 aliphatic rings. The summed E-state index contributed by atoms with van der Waals surface area (Å²) in [4.78, 5) is 4.00. The van der Waals surface area contributed by atoms with Gasteiger partial charge >= 0.3 is 0 Å². The molecule has 0 amide bonds. The molecule has 0 saturated carbocycles. The monoisotopic (exact) mass is 469 g/mol. The van der Waals surface area contributed by atoms with Crippen molar-refractivity contribution in [2.24, 2.45) is 4.99 Å².